The van der Waals surface area contributed by atoms with Crippen LogP contribution in [-0.4, -0.2) is 8.07 Å². The average Bonchev–Trinajstić information content (AvgIpc) is 2.72. The van der Waals surface area contributed by atoms with Gasteiger partial charge >= 0.3 is 0 Å². The fourth-order valence-corrected chi connectivity index (χ4v) is 12.4. The Labute approximate surface area is 203 Å². The van der Waals surface area contributed by atoms with E-state index in [9.17, 15) is 0 Å². The van der Waals surface area contributed by atoms with Gasteiger partial charge in [0.2, 0.25) is 0 Å². The molecule has 5 heteroatoms. The van der Waals surface area contributed by atoms with Crippen LogP contribution in [0.3, 0.4) is 0 Å². The highest BCUT2D eigenvalue weighted by Gasteiger charge is 2.46. The Bertz CT molecular complexity index is 1230. The van der Waals surface area contributed by atoms with Crippen LogP contribution >= 0.6 is 61.9 Å². The second-order valence-electron chi connectivity index (χ2n) is 7.01. The third kappa shape index (κ3) is 3.33. The predicted molar refractivity (Wildman–Crippen MR) is 140 cm³/mol. The van der Waals surface area contributed by atoms with Gasteiger partial charge in [0.25, 0.3) is 0 Å². The number of hydrogen-bond donors (Lipinski definition) is 0. The topological polar surface area (TPSA) is 0 Å². The maximum Gasteiger partial charge on any atom is 0.181 e. The summed E-state index contributed by atoms with van der Waals surface area (Å²) in [6.45, 7) is 0. The molecule has 4 aromatic carbocycles. The van der Waals surface area contributed by atoms with E-state index in [-0.39, 0.29) is 0 Å². The Balaban J connectivity index is 1.96. The van der Waals surface area contributed by atoms with Gasteiger partial charge in [0.05, 0.1) is 0 Å². The summed E-state index contributed by atoms with van der Waals surface area (Å²) in [4.78, 5) is 2.59. The second kappa shape index (κ2) is 7.89. The van der Waals surface area contributed by atoms with Gasteiger partial charge in [0.15, 0.2) is 8.07 Å². The van der Waals surface area contributed by atoms with Gasteiger partial charge in [0.1, 0.15) is 0 Å². The molecule has 0 aromatic heterocycles. The molecule has 29 heavy (non-hydrogen) atoms. The molecule has 1 aliphatic heterocycles. The van der Waals surface area contributed by atoms with Gasteiger partial charge < -0.3 is 0 Å². The summed E-state index contributed by atoms with van der Waals surface area (Å²) in [7, 11) is -2.47. The summed E-state index contributed by atoms with van der Waals surface area (Å²) in [6.07, 6.45) is 0. The quantitative estimate of drug-likeness (QED) is 0.188. The Morgan fingerprint density at radius 1 is 0.724 bits per heavy atom. The molecule has 0 nitrogen and oxygen atoms in total. The first kappa shape index (κ1) is 19.9. The molecule has 4 aromatic rings. The molecule has 0 spiro atoms. The maximum atomic E-state index is 6.43. The summed E-state index contributed by atoms with van der Waals surface area (Å²) in [5.74, 6) is 0. The van der Waals surface area contributed by atoms with Crippen molar-refractivity contribution < 1.29 is 0 Å². The van der Waals surface area contributed by atoms with Crippen molar-refractivity contribution >= 4 is 90.7 Å². The molecule has 0 saturated carbocycles. The number of halogens is 3. The van der Waals surface area contributed by atoms with Gasteiger partial charge in [-0.15, -0.1) is 0 Å². The number of rotatable bonds is 2. The number of benzene rings is 4. The fraction of sp³-hybridized carbons (Fsp3) is 0. The lowest BCUT2D eigenvalue weighted by Gasteiger charge is -2.40. The van der Waals surface area contributed by atoms with Crippen LogP contribution in [0.15, 0.2) is 105 Å². The van der Waals surface area contributed by atoms with E-state index >= 15 is 0 Å². The van der Waals surface area contributed by atoms with Crippen molar-refractivity contribution in [3.05, 3.63) is 104 Å². The van der Waals surface area contributed by atoms with Crippen LogP contribution in [0, 0.1) is 3.57 Å². The van der Waals surface area contributed by atoms with E-state index in [1.165, 1.54) is 34.1 Å². The van der Waals surface area contributed by atoms with Crippen LogP contribution in [0.25, 0.3) is 0 Å². The summed E-state index contributed by atoms with van der Waals surface area (Å²) in [5, 5.41) is 6.41. The molecular weight excluding hydrogens is 591 g/mol. The van der Waals surface area contributed by atoms with Crippen LogP contribution in [0.2, 0.25) is 5.02 Å². The van der Waals surface area contributed by atoms with Crippen LogP contribution < -0.4 is 20.7 Å². The minimum Gasteiger partial charge on any atom is -0.0902 e. The maximum absolute atomic E-state index is 6.43. The molecule has 0 aliphatic carbocycles. The van der Waals surface area contributed by atoms with Crippen molar-refractivity contribution in [3.8, 4) is 0 Å². The van der Waals surface area contributed by atoms with Gasteiger partial charge in [-0.25, -0.2) is 0 Å². The van der Waals surface area contributed by atoms with Crippen molar-refractivity contribution in [3.63, 3.8) is 0 Å². The summed E-state index contributed by atoms with van der Waals surface area (Å²) in [6, 6.07) is 33.2. The molecule has 0 fully saturated rings. The van der Waals surface area contributed by atoms with Crippen molar-refractivity contribution in [1.82, 2.24) is 0 Å². The van der Waals surface area contributed by atoms with Gasteiger partial charge in [-0.3, -0.25) is 0 Å². The van der Waals surface area contributed by atoms with E-state index in [1.807, 2.05) is 17.8 Å². The number of fused-ring (bicyclic) bond motifs is 2. The van der Waals surface area contributed by atoms with Crippen molar-refractivity contribution in [1.29, 1.82) is 0 Å². The molecule has 0 amide bonds. The summed E-state index contributed by atoms with van der Waals surface area (Å²) < 4.78 is 2.36. The third-order valence-electron chi connectivity index (χ3n) is 5.39. The van der Waals surface area contributed by atoms with E-state index in [0.29, 0.717) is 0 Å². The summed E-state index contributed by atoms with van der Waals surface area (Å²) in [5.41, 5.74) is 0. The van der Waals surface area contributed by atoms with Crippen LogP contribution in [0.1, 0.15) is 0 Å². The first-order chi connectivity index (χ1) is 14.1. The average molecular weight is 606 g/mol. The molecule has 1 heterocycles. The lowest BCUT2D eigenvalue weighted by molar-refractivity contribution is 1.41. The van der Waals surface area contributed by atoms with Crippen molar-refractivity contribution in [2.45, 2.75) is 9.79 Å². The Hall–Kier alpha value is -1.05. The molecule has 0 N–H and O–H groups in total. The van der Waals surface area contributed by atoms with Gasteiger partial charge in [0, 0.05) is 22.9 Å². The van der Waals surface area contributed by atoms with Crippen LogP contribution in [0.4, 0.5) is 0 Å². The summed E-state index contributed by atoms with van der Waals surface area (Å²) >= 11 is 14.4. The minimum atomic E-state index is -2.47. The predicted octanol–water partition coefficient (Wildman–Crippen LogP) is 5.55. The van der Waals surface area contributed by atoms with E-state index in [0.717, 1.165) is 9.50 Å². The third-order valence-corrected chi connectivity index (χ3v) is 13.2. The van der Waals surface area contributed by atoms with Gasteiger partial charge in [-0.05, 0) is 85.8 Å². The first-order valence-corrected chi connectivity index (χ1v) is 14.2. The monoisotopic (exact) mass is 604 g/mol. The molecule has 1 aliphatic rings. The largest absolute Gasteiger partial charge is 0.181 e. The normalized spacial score (nSPS) is 17.5. The Morgan fingerprint density at radius 3 is 2.28 bits per heavy atom. The highest BCUT2D eigenvalue weighted by atomic mass is 127. The minimum absolute atomic E-state index is 0.787. The van der Waals surface area contributed by atoms with Gasteiger partial charge in [-0.1, -0.05) is 87.8 Å². The molecule has 0 saturated heterocycles. The van der Waals surface area contributed by atoms with Crippen molar-refractivity contribution in [2.75, 3.05) is 0 Å². The fourth-order valence-electron chi connectivity index (χ4n) is 4.23. The molecular formula is C24H15BrClISSi. The van der Waals surface area contributed by atoms with E-state index < -0.39 is 8.07 Å². The molecule has 1 atom stereocenters. The molecule has 5 rings (SSSR count). The lowest BCUT2D eigenvalue weighted by atomic mass is 10.3. The number of hydrogen-bond acceptors (Lipinski definition) is 1. The SMILES string of the molecule is Clc1ccc2c(c1)Sc1ccccc1[Si]2(c1ccc(I)cc1)c1cccc(Br)c1. The molecule has 142 valence electrons. The zero-order valence-corrected chi connectivity index (χ0v) is 21.5. The Kier molecular flexibility index (Phi) is 5.41. The zero-order chi connectivity index (χ0) is 20.0. The second-order valence-corrected chi connectivity index (χ2v) is 14.4. The highest BCUT2D eigenvalue weighted by molar-refractivity contribution is 14.1. The zero-order valence-electron chi connectivity index (χ0n) is 15.2. The van der Waals surface area contributed by atoms with E-state index in [2.05, 4.69) is 123 Å². The Morgan fingerprint density at radius 2 is 1.48 bits per heavy atom. The van der Waals surface area contributed by atoms with Crippen LogP contribution in [0.5, 0.6) is 0 Å². The highest BCUT2D eigenvalue weighted by Crippen LogP contribution is 2.34. The lowest BCUT2D eigenvalue weighted by Crippen LogP contribution is -2.76. The van der Waals surface area contributed by atoms with E-state index in [1.54, 1.807) is 0 Å². The van der Waals surface area contributed by atoms with Gasteiger partial charge in [-0.2, -0.15) is 0 Å². The molecule has 1 unspecified atom stereocenters. The smallest absolute Gasteiger partial charge is 0.0902 e. The van der Waals surface area contributed by atoms with Crippen molar-refractivity contribution in [2.24, 2.45) is 0 Å². The molecule has 0 bridgehead atoms. The molecule has 0 radical (unpaired) electrons. The van der Waals surface area contributed by atoms with E-state index in [4.69, 9.17) is 11.6 Å². The standard InChI is InChI=1S/C24H15BrClISSi/c25-16-4-3-5-20(14-16)29(19-11-9-18(27)10-12-19)23-7-2-1-6-21(23)28-22-15-17(26)8-13-24(22)29/h1-15H. The van der Waals surface area contributed by atoms with Crippen LogP contribution in [-0.2, 0) is 0 Å². The first-order valence-electron chi connectivity index (χ1n) is 9.18.